The van der Waals surface area contributed by atoms with Crippen molar-refractivity contribution in [3.8, 4) is 5.75 Å². The quantitative estimate of drug-likeness (QED) is 0.588. The van der Waals surface area contributed by atoms with Gasteiger partial charge in [-0.3, -0.25) is 4.79 Å². The zero-order valence-corrected chi connectivity index (χ0v) is 10.7. The number of benzene rings is 1. The van der Waals surface area contributed by atoms with Crippen molar-refractivity contribution in [1.82, 2.24) is 0 Å². The van der Waals surface area contributed by atoms with Crippen molar-refractivity contribution in [2.24, 2.45) is 5.92 Å². The lowest BCUT2D eigenvalue weighted by molar-refractivity contribution is -0.139. The molecule has 0 aliphatic rings. The third-order valence-corrected chi connectivity index (χ3v) is 2.90. The van der Waals surface area contributed by atoms with E-state index in [1.807, 2.05) is 20.8 Å². The van der Waals surface area contributed by atoms with Crippen LogP contribution in [0.5, 0.6) is 5.75 Å². The van der Waals surface area contributed by atoms with Gasteiger partial charge in [-0.25, -0.2) is 0 Å². The molecule has 88 valence electrons. The van der Waals surface area contributed by atoms with Gasteiger partial charge in [0.2, 0.25) is 0 Å². The second-order valence-electron chi connectivity index (χ2n) is 3.84. The van der Waals surface area contributed by atoms with E-state index >= 15 is 0 Å². The lowest BCUT2D eigenvalue weighted by Crippen LogP contribution is -2.19. The van der Waals surface area contributed by atoms with E-state index in [1.165, 1.54) is 0 Å². The summed E-state index contributed by atoms with van der Waals surface area (Å²) in [5.41, 5.74) is 0.881. The maximum absolute atomic E-state index is 11.8. The topological polar surface area (TPSA) is 26.3 Å². The number of halogens is 1. The molecule has 1 aromatic carbocycles. The predicted molar refractivity (Wildman–Crippen MR) is 65.9 cm³/mol. The highest BCUT2D eigenvalue weighted by atomic mass is 35.5. The Labute approximate surface area is 102 Å². The molecular formula is C13H17ClO2. The molecular weight excluding hydrogens is 224 g/mol. The smallest absolute Gasteiger partial charge is 0.314 e. The van der Waals surface area contributed by atoms with Gasteiger partial charge in [0.25, 0.3) is 0 Å². The number of rotatable bonds is 4. The molecule has 0 heterocycles. The van der Waals surface area contributed by atoms with Crippen LogP contribution in [0, 0.1) is 12.8 Å². The van der Waals surface area contributed by atoms with Crippen molar-refractivity contribution in [2.75, 3.05) is 0 Å². The first-order valence-corrected chi connectivity index (χ1v) is 5.94. The van der Waals surface area contributed by atoms with E-state index in [1.54, 1.807) is 18.2 Å². The molecule has 0 fully saturated rings. The molecule has 16 heavy (non-hydrogen) atoms. The number of hydrogen-bond acceptors (Lipinski definition) is 2. The molecule has 0 unspecified atom stereocenters. The molecule has 0 radical (unpaired) electrons. The van der Waals surface area contributed by atoms with E-state index in [-0.39, 0.29) is 11.9 Å². The first-order valence-electron chi connectivity index (χ1n) is 5.56. The van der Waals surface area contributed by atoms with Gasteiger partial charge in [0, 0.05) is 5.02 Å². The Balaban J connectivity index is 2.76. The Hall–Kier alpha value is -1.02. The predicted octanol–water partition coefficient (Wildman–Crippen LogP) is 3.99. The molecule has 0 saturated heterocycles. The summed E-state index contributed by atoms with van der Waals surface area (Å²) >= 11 is 5.83. The van der Waals surface area contributed by atoms with Gasteiger partial charge in [0.05, 0.1) is 5.92 Å². The molecule has 2 nitrogen and oxygen atoms in total. The minimum atomic E-state index is -0.157. The summed E-state index contributed by atoms with van der Waals surface area (Å²) in [5.74, 6) is 0.423. The minimum Gasteiger partial charge on any atom is -0.426 e. The summed E-state index contributed by atoms with van der Waals surface area (Å²) in [6.45, 7) is 5.86. The van der Waals surface area contributed by atoms with E-state index in [9.17, 15) is 4.79 Å². The summed E-state index contributed by atoms with van der Waals surface area (Å²) in [5, 5.41) is 0.653. The van der Waals surface area contributed by atoms with Crippen LogP contribution in [-0.2, 0) is 4.79 Å². The van der Waals surface area contributed by atoms with Gasteiger partial charge in [0.1, 0.15) is 5.75 Å². The molecule has 0 spiro atoms. The summed E-state index contributed by atoms with van der Waals surface area (Å²) in [6, 6.07) is 5.25. The summed E-state index contributed by atoms with van der Waals surface area (Å²) < 4.78 is 5.35. The van der Waals surface area contributed by atoms with Gasteiger partial charge in [-0.1, -0.05) is 25.4 Å². The normalized spacial score (nSPS) is 10.6. The Morgan fingerprint density at radius 1 is 1.38 bits per heavy atom. The highest BCUT2D eigenvalue weighted by Crippen LogP contribution is 2.23. The summed E-state index contributed by atoms with van der Waals surface area (Å²) in [7, 11) is 0. The highest BCUT2D eigenvalue weighted by molar-refractivity contribution is 6.30. The van der Waals surface area contributed by atoms with Crippen molar-refractivity contribution in [3.63, 3.8) is 0 Å². The molecule has 0 saturated carbocycles. The zero-order chi connectivity index (χ0) is 12.1. The van der Waals surface area contributed by atoms with Crippen LogP contribution in [0.2, 0.25) is 5.02 Å². The molecule has 0 atom stereocenters. The molecule has 0 aliphatic carbocycles. The van der Waals surface area contributed by atoms with Gasteiger partial charge >= 0.3 is 5.97 Å². The molecule has 0 aromatic heterocycles. The molecule has 1 aromatic rings. The van der Waals surface area contributed by atoms with Crippen LogP contribution in [0.15, 0.2) is 18.2 Å². The number of aryl methyl sites for hydroxylation is 1. The third kappa shape index (κ3) is 3.24. The number of ether oxygens (including phenoxy) is 1. The van der Waals surface area contributed by atoms with E-state index < -0.39 is 0 Å². The second-order valence-corrected chi connectivity index (χ2v) is 4.28. The van der Waals surface area contributed by atoms with E-state index in [0.29, 0.717) is 10.8 Å². The first kappa shape index (κ1) is 13.0. The van der Waals surface area contributed by atoms with Crippen LogP contribution in [0.25, 0.3) is 0 Å². The van der Waals surface area contributed by atoms with Gasteiger partial charge in [-0.05, 0) is 43.5 Å². The first-order chi connectivity index (χ1) is 7.58. The number of carbonyl (C=O) groups excluding carboxylic acids is 1. The zero-order valence-electron chi connectivity index (χ0n) is 9.92. The summed E-state index contributed by atoms with van der Waals surface area (Å²) in [4.78, 5) is 11.8. The highest BCUT2D eigenvalue weighted by Gasteiger charge is 2.17. The average Bonchev–Trinajstić information content (AvgIpc) is 2.24. The van der Waals surface area contributed by atoms with E-state index in [0.717, 1.165) is 18.4 Å². The third-order valence-electron chi connectivity index (χ3n) is 2.67. The number of hydrogen-bond donors (Lipinski definition) is 0. The molecule has 1 rings (SSSR count). The van der Waals surface area contributed by atoms with Crippen molar-refractivity contribution >= 4 is 17.6 Å². The van der Waals surface area contributed by atoms with Crippen LogP contribution in [0.3, 0.4) is 0 Å². The van der Waals surface area contributed by atoms with Crippen LogP contribution in [-0.4, -0.2) is 5.97 Å². The van der Waals surface area contributed by atoms with Crippen molar-refractivity contribution < 1.29 is 9.53 Å². The Morgan fingerprint density at radius 2 is 2.00 bits per heavy atom. The Bertz CT molecular complexity index is 370. The monoisotopic (exact) mass is 240 g/mol. The lowest BCUT2D eigenvalue weighted by atomic mass is 10.0. The fourth-order valence-electron chi connectivity index (χ4n) is 1.54. The van der Waals surface area contributed by atoms with E-state index in [4.69, 9.17) is 16.3 Å². The average molecular weight is 241 g/mol. The molecule has 3 heteroatoms. The lowest BCUT2D eigenvalue weighted by Gasteiger charge is -2.13. The Morgan fingerprint density at radius 3 is 2.50 bits per heavy atom. The van der Waals surface area contributed by atoms with Crippen molar-refractivity contribution in [3.05, 3.63) is 28.8 Å². The van der Waals surface area contributed by atoms with Gasteiger partial charge < -0.3 is 4.74 Å². The molecule has 0 N–H and O–H groups in total. The number of carbonyl (C=O) groups is 1. The number of esters is 1. The van der Waals surface area contributed by atoms with E-state index in [2.05, 4.69) is 0 Å². The maximum atomic E-state index is 11.8. The minimum absolute atomic E-state index is 0.0184. The van der Waals surface area contributed by atoms with Crippen LogP contribution >= 0.6 is 11.6 Å². The molecule has 0 bridgehead atoms. The maximum Gasteiger partial charge on any atom is 0.314 e. The Kier molecular flexibility index (Phi) is 4.81. The fourth-order valence-corrected chi connectivity index (χ4v) is 1.77. The SMILES string of the molecule is CCC(CC)C(=O)Oc1ccc(Cl)cc1C. The van der Waals surface area contributed by atoms with Gasteiger partial charge in [-0.2, -0.15) is 0 Å². The van der Waals surface area contributed by atoms with Crippen LogP contribution in [0.1, 0.15) is 32.3 Å². The second kappa shape index (κ2) is 5.90. The van der Waals surface area contributed by atoms with Gasteiger partial charge in [-0.15, -0.1) is 0 Å². The van der Waals surface area contributed by atoms with Crippen molar-refractivity contribution in [1.29, 1.82) is 0 Å². The van der Waals surface area contributed by atoms with Crippen LogP contribution < -0.4 is 4.74 Å². The van der Waals surface area contributed by atoms with Gasteiger partial charge in [0.15, 0.2) is 0 Å². The van der Waals surface area contributed by atoms with Crippen LogP contribution in [0.4, 0.5) is 0 Å². The molecule has 0 aliphatic heterocycles. The fraction of sp³-hybridized carbons (Fsp3) is 0.462. The summed E-state index contributed by atoms with van der Waals surface area (Å²) in [6.07, 6.45) is 1.62. The largest absolute Gasteiger partial charge is 0.426 e. The van der Waals surface area contributed by atoms with Crippen molar-refractivity contribution in [2.45, 2.75) is 33.6 Å². The standard InChI is InChI=1S/C13H17ClO2/c1-4-10(5-2)13(15)16-12-7-6-11(14)8-9(12)3/h6-8,10H,4-5H2,1-3H3. The molecule has 0 amide bonds.